The summed E-state index contributed by atoms with van der Waals surface area (Å²) in [5.41, 5.74) is 2.74. The molecule has 0 aromatic heterocycles. The quantitative estimate of drug-likeness (QED) is 0.863. The number of anilines is 2. The monoisotopic (exact) mass is 380 g/mol. The fourth-order valence-corrected chi connectivity index (χ4v) is 3.62. The van der Waals surface area contributed by atoms with Gasteiger partial charge in [0.1, 0.15) is 13.2 Å². The molecule has 1 fully saturated rings. The van der Waals surface area contributed by atoms with E-state index in [-0.39, 0.29) is 24.2 Å². The lowest BCUT2D eigenvalue weighted by Crippen LogP contribution is -2.28. The van der Waals surface area contributed by atoms with Crippen LogP contribution in [-0.2, 0) is 16.0 Å². The van der Waals surface area contributed by atoms with Crippen LogP contribution < -0.4 is 19.7 Å². The molecular weight excluding hydrogens is 356 g/mol. The van der Waals surface area contributed by atoms with Crippen LogP contribution in [-0.4, -0.2) is 31.6 Å². The molecule has 6 nitrogen and oxygen atoms in total. The van der Waals surface area contributed by atoms with Crippen LogP contribution in [0.1, 0.15) is 25.3 Å². The molecule has 4 rings (SSSR count). The third-order valence-corrected chi connectivity index (χ3v) is 5.09. The van der Waals surface area contributed by atoms with Gasteiger partial charge in [-0.25, -0.2) is 0 Å². The largest absolute Gasteiger partial charge is 0.486 e. The van der Waals surface area contributed by atoms with E-state index in [1.54, 1.807) is 11.0 Å². The number of nitrogens with zero attached hydrogens (tertiary/aromatic N) is 1. The van der Waals surface area contributed by atoms with Crippen LogP contribution in [0.2, 0.25) is 0 Å². The number of benzene rings is 2. The normalized spacial score (nSPS) is 18.2. The minimum absolute atomic E-state index is 0.0601. The zero-order chi connectivity index (χ0) is 19.5. The Bertz CT molecular complexity index is 879. The number of amides is 2. The molecule has 1 unspecified atom stereocenters. The molecule has 0 spiro atoms. The highest BCUT2D eigenvalue weighted by Gasteiger charge is 2.35. The van der Waals surface area contributed by atoms with E-state index in [2.05, 4.69) is 12.2 Å². The van der Waals surface area contributed by atoms with Crippen molar-refractivity contribution in [2.75, 3.05) is 30.0 Å². The number of ether oxygens (including phenoxy) is 2. The van der Waals surface area contributed by atoms with Crippen molar-refractivity contribution in [3.05, 3.63) is 48.0 Å². The number of carbonyl (C=O) groups excluding carboxylic acids is 2. The van der Waals surface area contributed by atoms with Crippen LogP contribution in [0, 0.1) is 5.92 Å². The molecular formula is C22H24N2O4. The molecule has 2 amide bonds. The van der Waals surface area contributed by atoms with E-state index in [1.807, 2.05) is 36.4 Å². The van der Waals surface area contributed by atoms with E-state index in [4.69, 9.17) is 9.47 Å². The van der Waals surface area contributed by atoms with Crippen molar-refractivity contribution in [1.29, 1.82) is 0 Å². The summed E-state index contributed by atoms with van der Waals surface area (Å²) in [6.45, 7) is 3.52. The zero-order valence-electron chi connectivity index (χ0n) is 15.9. The molecule has 0 aliphatic carbocycles. The van der Waals surface area contributed by atoms with E-state index in [0.717, 1.165) is 24.2 Å². The van der Waals surface area contributed by atoms with Gasteiger partial charge in [-0.05, 0) is 36.2 Å². The van der Waals surface area contributed by atoms with Crippen LogP contribution in [0.3, 0.4) is 0 Å². The van der Waals surface area contributed by atoms with Gasteiger partial charge in [0, 0.05) is 30.4 Å². The Morgan fingerprint density at radius 3 is 2.61 bits per heavy atom. The van der Waals surface area contributed by atoms with E-state index in [0.29, 0.717) is 31.3 Å². The average molecular weight is 380 g/mol. The highest BCUT2D eigenvalue weighted by Crippen LogP contribution is 2.36. The molecule has 6 heteroatoms. The zero-order valence-corrected chi connectivity index (χ0v) is 15.9. The second-order valence-corrected chi connectivity index (χ2v) is 7.17. The number of hydrogen-bond acceptors (Lipinski definition) is 4. The number of aryl methyl sites for hydroxylation is 1. The fraction of sp³-hybridized carbons (Fsp3) is 0.364. The maximum atomic E-state index is 12.6. The van der Waals surface area contributed by atoms with Gasteiger partial charge >= 0.3 is 0 Å². The Kier molecular flexibility index (Phi) is 5.19. The van der Waals surface area contributed by atoms with Gasteiger partial charge in [0.2, 0.25) is 11.8 Å². The molecule has 2 heterocycles. The molecule has 146 valence electrons. The number of carbonyl (C=O) groups is 2. The third kappa shape index (κ3) is 3.81. The number of nitrogens with one attached hydrogen (secondary N) is 1. The van der Waals surface area contributed by atoms with Gasteiger partial charge in [-0.2, -0.15) is 0 Å². The predicted octanol–water partition coefficient (Wildman–Crippen LogP) is 3.40. The Labute approximate surface area is 164 Å². The van der Waals surface area contributed by atoms with E-state index in [1.165, 1.54) is 5.56 Å². The van der Waals surface area contributed by atoms with Gasteiger partial charge in [0.05, 0.1) is 5.92 Å². The molecule has 2 aromatic rings. The van der Waals surface area contributed by atoms with Gasteiger partial charge in [-0.15, -0.1) is 0 Å². The van der Waals surface area contributed by atoms with Crippen molar-refractivity contribution in [2.45, 2.75) is 26.2 Å². The minimum Gasteiger partial charge on any atom is -0.486 e. The van der Waals surface area contributed by atoms with E-state index in [9.17, 15) is 9.59 Å². The second kappa shape index (κ2) is 7.92. The van der Waals surface area contributed by atoms with Gasteiger partial charge in [0.15, 0.2) is 11.5 Å². The molecule has 2 aromatic carbocycles. The molecule has 2 aliphatic rings. The summed E-state index contributed by atoms with van der Waals surface area (Å²) < 4.78 is 11.1. The number of hydrogen-bond donors (Lipinski definition) is 1. The second-order valence-electron chi connectivity index (χ2n) is 7.17. The fourth-order valence-electron chi connectivity index (χ4n) is 3.62. The summed E-state index contributed by atoms with van der Waals surface area (Å²) in [6.07, 6.45) is 2.32. The highest BCUT2D eigenvalue weighted by molar-refractivity contribution is 6.03. The minimum atomic E-state index is -0.379. The lowest BCUT2D eigenvalue weighted by atomic mass is 10.1. The summed E-state index contributed by atoms with van der Waals surface area (Å²) in [7, 11) is 0. The number of rotatable bonds is 5. The molecule has 28 heavy (non-hydrogen) atoms. The van der Waals surface area contributed by atoms with Crippen molar-refractivity contribution in [2.24, 2.45) is 5.92 Å². The topological polar surface area (TPSA) is 67.9 Å². The van der Waals surface area contributed by atoms with Gasteiger partial charge in [0.25, 0.3) is 0 Å². The van der Waals surface area contributed by atoms with Gasteiger partial charge in [-0.3, -0.25) is 9.59 Å². The smallest absolute Gasteiger partial charge is 0.229 e. The Morgan fingerprint density at radius 2 is 1.86 bits per heavy atom. The van der Waals surface area contributed by atoms with Crippen LogP contribution in [0.15, 0.2) is 42.5 Å². The van der Waals surface area contributed by atoms with Gasteiger partial charge < -0.3 is 19.7 Å². The van der Waals surface area contributed by atoms with Crippen molar-refractivity contribution < 1.29 is 19.1 Å². The average Bonchev–Trinajstić information content (AvgIpc) is 3.11. The molecule has 0 saturated carbocycles. The first kappa shape index (κ1) is 18.3. The van der Waals surface area contributed by atoms with Crippen molar-refractivity contribution >= 4 is 23.2 Å². The molecule has 0 radical (unpaired) electrons. The molecule has 1 N–H and O–H groups in total. The third-order valence-electron chi connectivity index (χ3n) is 5.09. The maximum absolute atomic E-state index is 12.6. The SMILES string of the molecule is CCCc1ccc(NC(=O)C2CC(=O)N(c3ccc4c(c3)OCCO4)C2)cc1. The first-order valence-corrected chi connectivity index (χ1v) is 9.74. The van der Waals surface area contributed by atoms with Crippen LogP contribution in [0.5, 0.6) is 11.5 Å². The Balaban J connectivity index is 1.42. The number of fused-ring (bicyclic) bond motifs is 1. The van der Waals surface area contributed by atoms with Crippen molar-refractivity contribution in [3.8, 4) is 11.5 Å². The standard InChI is InChI=1S/C22H24N2O4/c1-2-3-15-4-6-17(7-5-15)23-22(26)16-12-21(25)24(14-16)18-8-9-19-20(13-18)28-11-10-27-19/h4-9,13,16H,2-3,10-12,14H2,1H3,(H,23,26). The summed E-state index contributed by atoms with van der Waals surface area (Å²) in [6, 6.07) is 13.3. The van der Waals surface area contributed by atoms with Crippen LogP contribution in [0.25, 0.3) is 0 Å². The van der Waals surface area contributed by atoms with Crippen molar-refractivity contribution in [1.82, 2.24) is 0 Å². The first-order valence-electron chi connectivity index (χ1n) is 9.74. The highest BCUT2D eigenvalue weighted by atomic mass is 16.6. The Hall–Kier alpha value is -3.02. The van der Waals surface area contributed by atoms with Crippen LogP contribution >= 0.6 is 0 Å². The van der Waals surface area contributed by atoms with E-state index >= 15 is 0 Å². The molecule has 2 aliphatic heterocycles. The van der Waals surface area contributed by atoms with Crippen LogP contribution in [0.4, 0.5) is 11.4 Å². The Morgan fingerprint density at radius 1 is 1.11 bits per heavy atom. The summed E-state index contributed by atoms with van der Waals surface area (Å²) in [4.78, 5) is 26.8. The lowest BCUT2D eigenvalue weighted by Gasteiger charge is -2.22. The molecule has 1 saturated heterocycles. The molecule has 1 atom stereocenters. The summed E-state index contributed by atoms with van der Waals surface area (Å²) >= 11 is 0. The maximum Gasteiger partial charge on any atom is 0.229 e. The molecule has 0 bridgehead atoms. The lowest BCUT2D eigenvalue weighted by molar-refractivity contribution is -0.122. The first-order chi connectivity index (χ1) is 13.6. The summed E-state index contributed by atoms with van der Waals surface area (Å²) in [5.74, 6) is 0.752. The summed E-state index contributed by atoms with van der Waals surface area (Å²) in [5, 5.41) is 2.93. The van der Waals surface area contributed by atoms with Gasteiger partial charge in [-0.1, -0.05) is 25.5 Å². The predicted molar refractivity (Wildman–Crippen MR) is 107 cm³/mol. The van der Waals surface area contributed by atoms with Crippen molar-refractivity contribution in [3.63, 3.8) is 0 Å². The van der Waals surface area contributed by atoms with E-state index < -0.39 is 0 Å².